The van der Waals surface area contributed by atoms with Gasteiger partial charge in [0.2, 0.25) is 0 Å². The number of methoxy groups -OCH3 is 1. The average Bonchev–Trinajstić information content (AvgIpc) is 2.31. The number of carbonyl (C=O) groups excluding carboxylic acids is 1. The Bertz CT molecular complexity index is 414. The molecule has 0 aliphatic heterocycles. The molecule has 0 bridgehead atoms. The van der Waals surface area contributed by atoms with Gasteiger partial charge in [-0.2, -0.15) is 0 Å². The minimum atomic E-state index is -0.778. The minimum absolute atomic E-state index is 0.118. The molecule has 1 N–H and O–H groups in total. The van der Waals surface area contributed by atoms with Crippen LogP contribution in [0.3, 0.4) is 0 Å². The van der Waals surface area contributed by atoms with Crippen LogP contribution in [0, 0.1) is 6.92 Å². The van der Waals surface area contributed by atoms with Crippen molar-refractivity contribution >= 4 is 27.5 Å². The van der Waals surface area contributed by atoms with Crippen molar-refractivity contribution in [2.75, 3.05) is 12.4 Å². The molecule has 94 valence electrons. The largest absolute Gasteiger partial charge is 0.369 e. The van der Waals surface area contributed by atoms with E-state index in [2.05, 4.69) is 21.2 Å². The third-order valence-corrected chi connectivity index (χ3v) is 3.54. The summed E-state index contributed by atoms with van der Waals surface area (Å²) in [4.78, 5) is 12.1. The molecule has 0 heterocycles. The Kier molecular flexibility index (Phi) is 4.71. The summed E-state index contributed by atoms with van der Waals surface area (Å²) in [5.41, 5.74) is 1.05. The minimum Gasteiger partial charge on any atom is -0.369 e. The standard InChI is InChI=1S/C13H18BrNO2/c1-5-13(3,17-4)12(16)15-11-7-6-10(14)8-9(11)2/h6-8H,5H2,1-4H3,(H,15,16). The molecule has 0 spiro atoms. The summed E-state index contributed by atoms with van der Waals surface area (Å²) in [5, 5.41) is 2.90. The normalized spacial score (nSPS) is 14.2. The molecule has 0 aromatic heterocycles. The number of hydrogen-bond donors (Lipinski definition) is 1. The highest BCUT2D eigenvalue weighted by molar-refractivity contribution is 9.10. The molecule has 3 nitrogen and oxygen atoms in total. The van der Waals surface area contributed by atoms with E-state index in [1.807, 2.05) is 32.0 Å². The SMILES string of the molecule is CCC(C)(OC)C(=O)Nc1ccc(Br)cc1C. The Morgan fingerprint density at radius 1 is 1.53 bits per heavy atom. The molecule has 1 unspecified atom stereocenters. The van der Waals surface area contributed by atoms with Crippen molar-refractivity contribution in [1.29, 1.82) is 0 Å². The second-order valence-electron chi connectivity index (χ2n) is 4.20. The first kappa shape index (κ1) is 14.2. The van der Waals surface area contributed by atoms with Crippen LogP contribution in [0.1, 0.15) is 25.8 Å². The summed E-state index contributed by atoms with van der Waals surface area (Å²) >= 11 is 3.39. The Balaban J connectivity index is 2.88. The van der Waals surface area contributed by atoms with Crippen LogP contribution in [0.4, 0.5) is 5.69 Å². The van der Waals surface area contributed by atoms with Crippen LogP contribution in [0.25, 0.3) is 0 Å². The quantitative estimate of drug-likeness (QED) is 0.924. The molecule has 1 aromatic rings. The van der Waals surface area contributed by atoms with Gasteiger partial charge in [-0.25, -0.2) is 0 Å². The van der Waals surface area contributed by atoms with Gasteiger partial charge in [0, 0.05) is 17.3 Å². The Labute approximate surface area is 111 Å². The molecule has 4 heteroatoms. The summed E-state index contributed by atoms with van der Waals surface area (Å²) in [6, 6.07) is 5.74. The monoisotopic (exact) mass is 299 g/mol. The molecule has 0 saturated carbocycles. The maximum atomic E-state index is 12.1. The smallest absolute Gasteiger partial charge is 0.256 e. The molecule has 0 aliphatic rings. The average molecular weight is 300 g/mol. The first-order valence-corrected chi connectivity index (χ1v) is 6.35. The molecule has 1 rings (SSSR count). The number of carbonyl (C=O) groups is 1. The molecule has 0 fully saturated rings. The van der Waals surface area contributed by atoms with Gasteiger partial charge in [-0.05, 0) is 44.0 Å². The summed E-state index contributed by atoms with van der Waals surface area (Å²) in [6.45, 7) is 5.67. The van der Waals surface area contributed by atoms with E-state index >= 15 is 0 Å². The number of benzene rings is 1. The van der Waals surface area contributed by atoms with Gasteiger partial charge in [0.1, 0.15) is 5.60 Å². The van der Waals surface area contributed by atoms with Crippen LogP contribution in [0.5, 0.6) is 0 Å². The lowest BCUT2D eigenvalue weighted by Gasteiger charge is -2.25. The number of anilines is 1. The van der Waals surface area contributed by atoms with Crippen molar-refractivity contribution in [2.45, 2.75) is 32.8 Å². The molecule has 1 aromatic carbocycles. The number of amides is 1. The number of rotatable bonds is 4. The fourth-order valence-corrected chi connectivity index (χ4v) is 1.89. The van der Waals surface area contributed by atoms with Crippen LogP contribution in [0.2, 0.25) is 0 Å². The number of nitrogens with one attached hydrogen (secondary N) is 1. The second kappa shape index (κ2) is 5.65. The lowest BCUT2D eigenvalue weighted by atomic mass is 10.0. The van der Waals surface area contributed by atoms with Crippen LogP contribution in [0.15, 0.2) is 22.7 Å². The summed E-state index contributed by atoms with van der Waals surface area (Å²) < 4.78 is 6.26. The highest BCUT2D eigenvalue weighted by Gasteiger charge is 2.31. The molecule has 0 radical (unpaired) electrons. The first-order chi connectivity index (χ1) is 7.92. The van der Waals surface area contributed by atoms with E-state index in [0.29, 0.717) is 6.42 Å². The van der Waals surface area contributed by atoms with E-state index in [0.717, 1.165) is 15.7 Å². The van der Waals surface area contributed by atoms with Gasteiger partial charge in [-0.3, -0.25) is 4.79 Å². The van der Waals surface area contributed by atoms with Crippen molar-refractivity contribution in [3.8, 4) is 0 Å². The van der Waals surface area contributed by atoms with Crippen molar-refractivity contribution in [3.05, 3.63) is 28.2 Å². The van der Waals surface area contributed by atoms with E-state index in [9.17, 15) is 4.79 Å². The van der Waals surface area contributed by atoms with Gasteiger partial charge in [-0.1, -0.05) is 22.9 Å². The predicted octanol–water partition coefficient (Wildman–Crippen LogP) is 3.51. The first-order valence-electron chi connectivity index (χ1n) is 5.55. The Morgan fingerprint density at radius 3 is 2.65 bits per heavy atom. The fraction of sp³-hybridized carbons (Fsp3) is 0.462. The lowest BCUT2D eigenvalue weighted by Crippen LogP contribution is -2.41. The number of halogens is 1. The summed E-state index contributed by atoms with van der Waals surface area (Å²) in [7, 11) is 1.55. The summed E-state index contributed by atoms with van der Waals surface area (Å²) in [5.74, 6) is -0.118. The maximum absolute atomic E-state index is 12.1. The Morgan fingerprint density at radius 2 is 2.18 bits per heavy atom. The van der Waals surface area contributed by atoms with E-state index in [1.54, 1.807) is 14.0 Å². The summed E-state index contributed by atoms with van der Waals surface area (Å²) in [6.07, 6.45) is 0.630. The molecule has 1 amide bonds. The van der Waals surface area contributed by atoms with E-state index in [-0.39, 0.29) is 5.91 Å². The molecule has 1 atom stereocenters. The van der Waals surface area contributed by atoms with E-state index < -0.39 is 5.60 Å². The zero-order chi connectivity index (χ0) is 13.1. The molecule has 0 aliphatic carbocycles. The zero-order valence-corrected chi connectivity index (χ0v) is 12.2. The predicted molar refractivity (Wildman–Crippen MR) is 73.2 cm³/mol. The number of ether oxygens (including phenoxy) is 1. The third-order valence-electron chi connectivity index (χ3n) is 3.04. The van der Waals surface area contributed by atoms with Crippen molar-refractivity contribution in [1.82, 2.24) is 0 Å². The topological polar surface area (TPSA) is 38.3 Å². The molecule has 17 heavy (non-hydrogen) atoms. The number of aryl methyl sites for hydroxylation is 1. The van der Waals surface area contributed by atoms with Gasteiger partial charge in [0.05, 0.1) is 0 Å². The van der Waals surface area contributed by atoms with Crippen molar-refractivity contribution in [3.63, 3.8) is 0 Å². The van der Waals surface area contributed by atoms with Crippen LogP contribution < -0.4 is 5.32 Å². The Hall–Kier alpha value is -0.870. The van der Waals surface area contributed by atoms with E-state index in [1.165, 1.54) is 0 Å². The fourth-order valence-electron chi connectivity index (χ4n) is 1.42. The molecular formula is C13H18BrNO2. The lowest BCUT2D eigenvalue weighted by molar-refractivity contribution is -0.136. The second-order valence-corrected chi connectivity index (χ2v) is 5.12. The van der Waals surface area contributed by atoms with E-state index in [4.69, 9.17) is 4.74 Å². The van der Waals surface area contributed by atoms with Gasteiger partial charge in [0.25, 0.3) is 5.91 Å². The van der Waals surface area contributed by atoms with Crippen LogP contribution >= 0.6 is 15.9 Å². The number of hydrogen-bond acceptors (Lipinski definition) is 2. The highest BCUT2D eigenvalue weighted by atomic mass is 79.9. The van der Waals surface area contributed by atoms with Gasteiger partial charge >= 0.3 is 0 Å². The highest BCUT2D eigenvalue weighted by Crippen LogP contribution is 2.22. The van der Waals surface area contributed by atoms with Gasteiger partial charge in [-0.15, -0.1) is 0 Å². The molecule has 0 saturated heterocycles. The maximum Gasteiger partial charge on any atom is 0.256 e. The zero-order valence-electron chi connectivity index (χ0n) is 10.6. The third kappa shape index (κ3) is 3.30. The van der Waals surface area contributed by atoms with Crippen molar-refractivity contribution in [2.24, 2.45) is 0 Å². The molecular weight excluding hydrogens is 282 g/mol. The van der Waals surface area contributed by atoms with Gasteiger partial charge in [0.15, 0.2) is 0 Å². The van der Waals surface area contributed by atoms with Gasteiger partial charge < -0.3 is 10.1 Å². The van der Waals surface area contributed by atoms with Crippen LogP contribution in [-0.2, 0) is 9.53 Å². The van der Waals surface area contributed by atoms with Crippen molar-refractivity contribution < 1.29 is 9.53 Å². The van der Waals surface area contributed by atoms with Crippen LogP contribution in [-0.4, -0.2) is 18.6 Å².